The largest absolute Gasteiger partial charge is 0.440 e. The van der Waals surface area contributed by atoms with Gasteiger partial charge in [-0.15, -0.1) is 14.8 Å². The number of hydrogen-bond donors (Lipinski definition) is 0. The Morgan fingerprint density at radius 1 is 1.12 bits per heavy atom. The maximum absolute atomic E-state index is 5.95. The SMILES string of the molecule is c1ccc2oc(C3CCCN(c4ccc5nnnn5n4)C3)nc2c1. The number of oxazole rings is 1. The van der Waals surface area contributed by atoms with E-state index in [4.69, 9.17) is 4.42 Å². The van der Waals surface area contributed by atoms with Gasteiger partial charge in [0.1, 0.15) is 5.52 Å². The molecule has 1 atom stereocenters. The highest BCUT2D eigenvalue weighted by atomic mass is 16.3. The van der Waals surface area contributed by atoms with Crippen molar-refractivity contribution in [2.45, 2.75) is 18.8 Å². The summed E-state index contributed by atoms with van der Waals surface area (Å²) in [5, 5.41) is 15.9. The summed E-state index contributed by atoms with van der Waals surface area (Å²) in [5.74, 6) is 1.94. The summed E-state index contributed by atoms with van der Waals surface area (Å²) < 4.78 is 7.41. The molecule has 8 heteroatoms. The molecule has 0 spiro atoms. The molecule has 0 radical (unpaired) electrons. The van der Waals surface area contributed by atoms with E-state index in [2.05, 4.69) is 30.5 Å². The van der Waals surface area contributed by atoms with Crippen LogP contribution >= 0.6 is 0 Å². The average molecular weight is 321 g/mol. The van der Waals surface area contributed by atoms with Crippen molar-refractivity contribution in [2.24, 2.45) is 0 Å². The Hall–Kier alpha value is -3.03. The minimum atomic E-state index is 0.262. The monoisotopic (exact) mass is 321 g/mol. The van der Waals surface area contributed by atoms with Crippen LogP contribution < -0.4 is 4.90 Å². The van der Waals surface area contributed by atoms with Gasteiger partial charge in [0.05, 0.1) is 5.92 Å². The number of aromatic nitrogens is 6. The lowest BCUT2D eigenvalue weighted by Gasteiger charge is -2.31. The van der Waals surface area contributed by atoms with Crippen LogP contribution in [0.4, 0.5) is 5.82 Å². The van der Waals surface area contributed by atoms with Gasteiger partial charge in [0.2, 0.25) is 0 Å². The molecule has 5 rings (SSSR count). The molecule has 120 valence electrons. The molecule has 0 aliphatic carbocycles. The Morgan fingerprint density at radius 3 is 3.04 bits per heavy atom. The highest BCUT2D eigenvalue weighted by molar-refractivity contribution is 5.72. The van der Waals surface area contributed by atoms with E-state index in [-0.39, 0.29) is 5.92 Å². The van der Waals surface area contributed by atoms with Crippen LogP contribution in [0.5, 0.6) is 0 Å². The van der Waals surface area contributed by atoms with E-state index >= 15 is 0 Å². The lowest BCUT2D eigenvalue weighted by atomic mass is 9.98. The third-order valence-corrected chi connectivity index (χ3v) is 4.46. The van der Waals surface area contributed by atoms with Gasteiger partial charge in [-0.3, -0.25) is 0 Å². The van der Waals surface area contributed by atoms with Crippen LogP contribution in [-0.2, 0) is 0 Å². The first-order valence-corrected chi connectivity index (χ1v) is 8.03. The lowest BCUT2D eigenvalue weighted by molar-refractivity contribution is 0.411. The second-order valence-electron chi connectivity index (χ2n) is 6.02. The lowest BCUT2D eigenvalue weighted by Crippen LogP contribution is -2.35. The fourth-order valence-corrected chi connectivity index (χ4v) is 3.26. The second-order valence-corrected chi connectivity index (χ2v) is 6.02. The molecule has 1 unspecified atom stereocenters. The molecule has 0 N–H and O–H groups in total. The van der Waals surface area contributed by atoms with E-state index in [9.17, 15) is 0 Å². The van der Waals surface area contributed by atoms with Crippen LogP contribution in [0.2, 0.25) is 0 Å². The Balaban J connectivity index is 1.44. The van der Waals surface area contributed by atoms with Gasteiger partial charge in [0.25, 0.3) is 0 Å². The fraction of sp³-hybridized carbons (Fsp3) is 0.312. The predicted octanol–water partition coefficient (Wildman–Crippen LogP) is 2.04. The van der Waals surface area contributed by atoms with E-state index < -0.39 is 0 Å². The summed E-state index contributed by atoms with van der Waals surface area (Å²) in [4.78, 5) is 6.90. The number of hydrogen-bond acceptors (Lipinski definition) is 7. The maximum Gasteiger partial charge on any atom is 0.200 e. The summed E-state index contributed by atoms with van der Waals surface area (Å²) >= 11 is 0. The van der Waals surface area contributed by atoms with Gasteiger partial charge in [0, 0.05) is 13.1 Å². The van der Waals surface area contributed by atoms with E-state index in [0.29, 0.717) is 5.65 Å². The molecule has 1 aliphatic rings. The molecular formula is C16H15N7O. The van der Waals surface area contributed by atoms with E-state index in [1.54, 1.807) is 0 Å². The molecular weight excluding hydrogens is 306 g/mol. The second kappa shape index (κ2) is 5.26. The molecule has 24 heavy (non-hydrogen) atoms. The third kappa shape index (κ3) is 2.18. The van der Waals surface area contributed by atoms with Crippen LogP contribution in [0.15, 0.2) is 40.8 Å². The normalized spacial score (nSPS) is 18.5. The fourth-order valence-electron chi connectivity index (χ4n) is 3.26. The molecule has 4 aromatic rings. The summed E-state index contributed by atoms with van der Waals surface area (Å²) in [6.07, 6.45) is 2.13. The number of rotatable bonds is 2. The smallest absolute Gasteiger partial charge is 0.200 e. The summed E-state index contributed by atoms with van der Waals surface area (Å²) in [7, 11) is 0. The highest BCUT2D eigenvalue weighted by Crippen LogP contribution is 2.30. The van der Waals surface area contributed by atoms with Crippen LogP contribution in [0.25, 0.3) is 16.7 Å². The number of piperidine rings is 1. The van der Waals surface area contributed by atoms with Crippen molar-refractivity contribution < 1.29 is 4.42 Å². The Morgan fingerprint density at radius 2 is 2.08 bits per heavy atom. The molecule has 1 aliphatic heterocycles. The zero-order valence-corrected chi connectivity index (χ0v) is 12.9. The van der Waals surface area contributed by atoms with Gasteiger partial charge in [-0.05, 0) is 47.5 Å². The maximum atomic E-state index is 5.95. The van der Waals surface area contributed by atoms with Crippen molar-refractivity contribution >= 4 is 22.6 Å². The van der Waals surface area contributed by atoms with Gasteiger partial charge in [-0.1, -0.05) is 12.1 Å². The molecule has 1 fully saturated rings. The van der Waals surface area contributed by atoms with Crippen molar-refractivity contribution in [3.8, 4) is 0 Å². The quantitative estimate of drug-likeness (QED) is 0.558. The van der Waals surface area contributed by atoms with Crippen molar-refractivity contribution in [2.75, 3.05) is 18.0 Å². The zero-order chi connectivity index (χ0) is 15.9. The summed E-state index contributed by atoms with van der Waals surface area (Å²) in [6, 6.07) is 11.7. The van der Waals surface area contributed by atoms with Crippen molar-refractivity contribution in [3.63, 3.8) is 0 Å². The van der Waals surface area contributed by atoms with E-state index in [0.717, 1.165) is 48.7 Å². The van der Waals surface area contributed by atoms with Gasteiger partial charge >= 0.3 is 0 Å². The van der Waals surface area contributed by atoms with Gasteiger partial charge < -0.3 is 9.32 Å². The molecule has 1 saturated heterocycles. The predicted molar refractivity (Wildman–Crippen MR) is 86.8 cm³/mol. The summed E-state index contributed by atoms with van der Waals surface area (Å²) in [6.45, 7) is 1.78. The topological polar surface area (TPSA) is 85.2 Å². The molecule has 0 saturated carbocycles. The number of nitrogens with zero attached hydrogens (tertiary/aromatic N) is 7. The standard InChI is InChI=1S/C16H15N7O/c1-2-6-13-12(5-1)17-16(24-13)11-4-3-9-22(10-11)15-8-7-14-18-20-21-23(14)19-15/h1-2,5-8,11H,3-4,9-10H2. The minimum Gasteiger partial charge on any atom is -0.440 e. The van der Waals surface area contributed by atoms with Gasteiger partial charge in [0.15, 0.2) is 22.9 Å². The van der Waals surface area contributed by atoms with E-state index in [1.165, 1.54) is 4.63 Å². The van der Waals surface area contributed by atoms with Crippen molar-refractivity contribution in [1.29, 1.82) is 0 Å². The number of fused-ring (bicyclic) bond motifs is 2. The first-order chi connectivity index (χ1) is 11.9. The van der Waals surface area contributed by atoms with Crippen molar-refractivity contribution in [3.05, 3.63) is 42.3 Å². The minimum absolute atomic E-state index is 0.262. The summed E-state index contributed by atoms with van der Waals surface area (Å²) in [5.41, 5.74) is 2.40. The molecule has 0 amide bonds. The molecule has 4 heterocycles. The van der Waals surface area contributed by atoms with Crippen LogP contribution in [-0.4, -0.2) is 43.3 Å². The number of para-hydroxylation sites is 2. The van der Waals surface area contributed by atoms with Gasteiger partial charge in [-0.2, -0.15) is 0 Å². The number of tetrazole rings is 1. The first kappa shape index (κ1) is 13.4. The van der Waals surface area contributed by atoms with Crippen molar-refractivity contribution in [1.82, 2.24) is 30.2 Å². The van der Waals surface area contributed by atoms with Crippen LogP contribution in [0.1, 0.15) is 24.7 Å². The highest BCUT2D eigenvalue weighted by Gasteiger charge is 2.26. The third-order valence-electron chi connectivity index (χ3n) is 4.46. The average Bonchev–Trinajstić information content (AvgIpc) is 3.27. The van der Waals surface area contributed by atoms with Gasteiger partial charge in [-0.25, -0.2) is 4.98 Å². The Labute approximate surface area is 137 Å². The molecule has 1 aromatic carbocycles. The molecule has 8 nitrogen and oxygen atoms in total. The Bertz CT molecular complexity index is 967. The van der Waals surface area contributed by atoms with Crippen LogP contribution in [0.3, 0.4) is 0 Å². The van der Waals surface area contributed by atoms with Crippen LogP contribution in [0, 0.1) is 0 Å². The first-order valence-electron chi connectivity index (χ1n) is 8.03. The zero-order valence-electron chi connectivity index (χ0n) is 12.9. The number of benzene rings is 1. The molecule has 3 aromatic heterocycles. The molecule has 0 bridgehead atoms. The van der Waals surface area contributed by atoms with E-state index in [1.807, 2.05) is 36.4 Å². The number of anilines is 1. The Kier molecular flexibility index (Phi) is 2.94.